The van der Waals surface area contributed by atoms with Gasteiger partial charge in [0.15, 0.2) is 0 Å². The number of benzene rings is 1. The predicted octanol–water partition coefficient (Wildman–Crippen LogP) is 3.82. The van der Waals surface area contributed by atoms with Gasteiger partial charge in [0.05, 0.1) is 0 Å². The highest BCUT2D eigenvalue weighted by Crippen LogP contribution is 2.18. The fourth-order valence-electron chi connectivity index (χ4n) is 2.07. The molecule has 0 saturated heterocycles. The van der Waals surface area contributed by atoms with E-state index in [4.69, 9.17) is 0 Å². The van der Waals surface area contributed by atoms with E-state index in [2.05, 4.69) is 39.8 Å². The van der Waals surface area contributed by atoms with Crippen LogP contribution in [0.25, 0.3) is 0 Å². The highest BCUT2D eigenvalue weighted by atomic mass is 14.1. The van der Waals surface area contributed by atoms with Crippen LogP contribution in [0.1, 0.15) is 42.5 Å². The first-order valence-electron chi connectivity index (χ1n) is 5.28. The first kappa shape index (κ1) is 10.3. The molecule has 0 atom stereocenters. The molecule has 0 radical (unpaired) electrons. The largest absolute Gasteiger partial charge is 0.0651 e. The summed E-state index contributed by atoms with van der Waals surface area (Å²) in [6.07, 6.45) is 3.61. The molecule has 0 aliphatic rings. The van der Waals surface area contributed by atoms with Crippen molar-refractivity contribution in [1.82, 2.24) is 0 Å². The Labute approximate surface area is 82.0 Å². The van der Waals surface area contributed by atoms with Crippen LogP contribution < -0.4 is 0 Å². The van der Waals surface area contributed by atoms with Crippen LogP contribution in [0.2, 0.25) is 0 Å². The van der Waals surface area contributed by atoms with E-state index in [9.17, 15) is 0 Å². The molecule has 0 nitrogen and oxygen atoms in total. The number of aryl methyl sites for hydroxylation is 3. The highest BCUT2D eigenvalue weighted by Gasteiger charge is 2.02. The van der Waals surface area contributed by atoms with Crippen LogP contribution in [-0.4, -0.2) is 0 Å². The van der Waals surface area contributed by atoms with E-state index in [1.54, 1.807) is 0 Å². The zero-order valence-corrected chi connectivity index (χ0v) is 9.28. The molecule has 0 bridgehead atoms. The SMILES string of the molecule is CCCc1cc(C)c(CC)c(C)c1. The fraction of sp³-hybridized carbons (Fsp3) is 0.538. The minimum atomic E-state index is 1.16. The minimum absolute atomic E-state index is 1.16. The molecular weight excluding hydrogens is 156 g/mol. The Kier molecular flexibility index (Phi) is 3.53. The summed E-state index contributed by atoms with van der Waals surface area (Å²) in [6.45, 7) is 8.92. The molecule has 0 saturated carbocycles. The lowest BCUT2D eigenvalue weighted by Gasteiger charge is -2.10. The van der Waals surface area contributed by atoms with E-state index < -0.39 is 0 Å². The number of hydrogen-bond donors (Lipinski definition) is 0. The fourth-order valence-corrected chi connectivity index (χ4v) is 2.07. The molecule has 1 rings (SSSR count). The van der Waals surface area contributed by atoms with Gasteiger partial charge in [-0.25, -0.2) is 0 Å². The molecule has 0 spiro atoms. The van der Waals surface area contributed by atoms with E-state index in [1.165, 1.54) is 35.1 Å². The van der Waals surface area contributed by atoms with Gasteiger partial charge in [-0.3, -0.25) is 0 Å². The third-order valence-electron chi connectivity index (χ3n) is 2.65. The molecule has 0 amide bonds. The highest BCUT2D eigenvalue weighted by molar-refractivity contribution is 5.37. The van der Waals surface area contributed by atoms with Crippen molar-refractivity contribution in [1.29, 1.82) is 0 Å². The van der Waals surface area contributed by atoms with Crippen molar-refractivity contribution in [3.05, 3.63) is 34.4 Å². The molecule has 0 heteroatoms. The molecule has 13 heavy (non-hydrogen) atoms. The van der Waals surface area contributed by atoms with Crippen LogP contribution >= 0.6 is 0 Å². The molecule has 0 aliphatic carbocycles. The normalized spacial score (nSPS) is 10.5. The van der Waals surface area contributed by atoms with Crippen molar-refractivity contribution in [2.45, 2.75) is 47.0 Å². The van der Waals surface area contributed by atoms with Crippen LogP contribution in [0.15, 0.2) is 12.1 Å². The van der Waals surface area contributed by atoms with Gasteiger partial charge in [-0.1, -0.05) is 32.4 Å². The maximum atomic E-state index is 2.34. The lowest BCUT2D eigenvalue weighted by atomic mass is 9.96. The van der Waals surface area contributed by atoms with E-state index >= 15 is 0 Å². The molecule has 0 fully saturated rings. The van der Waals surface area contributed by atoms with Crippen LogP contribution in [0.4, 0.5) is 0 Å². The second kappa shape index (κ2) is 4.45. The van der Waals surface area contributed by atoms with Crippen molar-refractivity contribution >= 4 is 0 Å². The zero-order valence-electron chi connectivity index (χ0n) is 9.28. The molecule has 0 unspecified atom stereocenters. The maximum Gasteiger partial charge on any atom is -0.0281 e. The summed E-state index contributed by atoms with van der Waals surface area (Å²) in [5.74, 6) is 0. The molecule has 0 N–H and O–H groups in total. The average Bonchev–Trinajstić information content (AvgIpc) is 2.04. The summed E-state index contributed by atoms with van der Waals surface area (Å²) in [4.78, 5) is 0. The van der Waals surface area contributed by atoms with Gasteiger partial charge in [-0.05, 0) is 48.9 Å². The van der Waals surface area contributed by atoms with Gasteiger partial charge in [0.1, 0.15) is 0 Å². The Morgan fingerprint density at radius 1 is 1.00 bits per heavy atom. The lowest BCUT2D eigenvalue weighted by molar-refractivity contribution is 0.913. The Morgan fingerprint density at radius 2 is 1.54 bits per heavy atom. The summed E-state index contributed by atoms with van der Waals surface area (Å²) in [6, 6.07) is 4.69. The van der Waals surface area contributed by atoms with Crippen LogP contribution in [-0.2, 0) is 12.8 Å². The third-order valence-corrected chi connectivity index (χ3v) is 2.65. The molecule has 72 valence electrons. The topological polar surface area (TPSA) is 0 Å². The van der Waals surface area contributed by atoms with Crippen LogP contribution in [0.3, 0.4) is 0 Å². The average molecular weight is 176 g/mol. The van der Waals surface area contributed by atoms with E-state index in [0.29, 0.717) is 0 Å². The summed E-state index contributed by atoms with van der Waals surface area (Å²) in [5, 5.41) is 0. The molecule has 0 aliphatic heterocycles. The quantitative estimate of drug-likeness (QED) is 0.657. The van der Waals surface area contributed by atoms with Gasteiger partial charge in [0.25, 0.3) is 0 Å². The van der Waals surface area contributed by atoms with Gasteiger partial charge in [-0.15, -0.1) is 0 Å². The van der Waals surface area contributed by atoms with Crippen molar-refractivity contribution < 1.29 is 0 Å². The van der Waals surface area contributed by atoms with Gasteiger partial charge in [-0.2, -0.15) is 0 Å². The summed E-state index contributed by atoms with van der Waals surface area (Å²) in [7, 11) is 0. The molecular formula is C13H20. The predicted molar refractivity (Wildman–Crippen MR) is 59.3 cm³/mol. The molecule has 1 aromatic rings. The molecule has 0 heterocycles. The molecule has 1 aromatic carbocycles. The monoisotopic (exact) mass is 176 g/mol. The Bertz CT molecular complexity index is 261. The Hall–Kier alpha value is -0.780. The smallest absolute Gasteiger partial charge is 0.0281 e. The van der Waals surface area contributed by atoms with Gasteiger partial charge < -0.3 is 0 Å². The minimum Gasteiger partial charge on any atom is -0.0651 e. The Balaban J connectivity index is 3.05. The standard InChI is InChI=1S/C13H20/c1-5-7-12-8-10(3)13(6-2)11(4)9-12/h8-9H,5-7H2,1-4H3. The third kappa shape index (κ3) is 2.33. The summed E-state index contributed by atoms with van der Waals surface area (Å²) < 4.78 is 0. The van der Waals surface area contributed by atoms with Crippen molar-refractivity contribution in [2.75, 3.05) is 0 Å². The van der Waals surface area contributed by atoms with E-state index in [-0.39, 0.29) is 0 Å². The summed E-state index contributed by atoms with van der Waals surface area (Å²) >= 11 is 0. The number of hydrogen-bond acceptors (Lipinski definition) is 0. The Morgan fingerprint density at radius 3 is 1.92 bits per heavy atom. The van der Waals surface area contributed by atoms with E-state index in [0.717, 1.165) is 6.42 Å². The van der Waals surface area contributed by atoms with Gasteiger partial charge in [0.2, 0.25) is 0 Å². The number of rotatable bonds is 3. The second-order valence-electron chi connectivity index (χ2n) is 3.81. The maximum absolute atomic E-state index is 2.34. The van der Waals surface area contributed by atoms with E-state index in [1.807, 2.05) is 0 Å². The second-order valence-corrected chi connectivity index (χ2v) is 3.81. The zero-order chi connectivity index (χ0) is 9.84. The van der Waals surface area contributed by atoms with Crippen LogP contribution in [0.5, 0.6) is 0 Å². The summed E-state index contributed by atoms with van der Waals surface area (Å²) in [5.41, 5.74) is 5.95. The van der Waals surface area contributed by atoms with Crippen molar-refractivity contribution in [3.63, 3.8) is 0 Å². The first-order chi connectivity index (χ1) is 6.19. The van der Waals surface area contributed by atoms with Crippen molar-refractivity contribution in [2.24, 2.45) is 0 Å². The van der Waals surface area contributed by atoms with Crippen molar-refractivity contribution in [3.8, 4) is 0 Å². The first-order valence-corrected chi connectivity index (χ1v) is 5.28. The lowest BCUT2D eigenvalue weighted by Crippen LogP contribution is -1.94. The van der Waals surface area contributed by atoms with Gasteiger partial charge >= 0.3 is 0 Å². The van der Waals surface area contributed by atoms with Gasteiger partial charge in [0, 0.05) is 0 Å². The van der Waals surface area contributed by atoms with Crippen LogP contribution in [0, 0.1) is 13.8 Å². The molecule has 0 aromatic heterocycles.